The number of hydrogen-bond donors (Lipinski definition) is 2. The van der Waals surface area contributed by atoms with Crippen LogP contribution in [0.5, 0.6) is 0 Å². The highest BCUT2D eigenvalue weighted by Gasteiger charge is 2.04. The van der Waals surface area contributed by atoms with Gasteiger partial charge in [-0.1, -0.05) is 12.1 Å². The summed E-state index contributed by atoms with van der Waals surface area (Å²) in [5, 5.41) is 11.5. The fraction of sp³-hybridized carbons (Fsp3) is 0.0909. The lowest BCUT2D eigenvalue weighted by Gasteiger charge is -2.09. The summed E-state index contributed by atoms with van der Waals surface area (Å²) in [7, 11) is 0. The number of pyridine rings is 1. The minimum Gasteiger partial charge on any atom is -0.545 e. The fourth-order valence-electron chi connectivity index (χ4n) is 1.61. The van der Waals surface area contributed by atoms with Crippen LogP contribution in [0.25, 0.3) is 10.9 Å². The minimum atomic E-state index is -1.22. The first-order valence-electron chi connectivity index (χ1n) is 4.71. The monoisotopic (exact) mass is 216 g/mol. The quantitative estimate of drug-likeness (QED) is 0.552. The van der Waals surface area contributed by atoms with E-state index < -0.39 is 5.97 Å². The Balaban J connectivity index is 2.74. The molecule has 0 aliphatic heterocycles. The number of nitrogen functional groups attached to an aromatic ring is 1. The summed E-state index contributed by atoms with van der Waals surface area (Å²) in [4.78, 5) is 14.9. The first kappa shape index (κ1) is 10.4. The topological polar surface area (TPSA) is 91.1 Å². The van der Waals surface area contributed by atoms with Crippen LogP contribution < -0.4 is 16.4 Å². The minimum absolute atomic E-state index is 0.105. The number of benzene rings is 1. The SMILES string of the molecule is Cc1cc(NN)c2ccc(C(=O)[O-])cc2n1. The Morgan fingerprint density at radius 1 is 1.44 bits per heavy atom. The number of nitrogens with two attached hydrogens (primary N) is 1. The molecule has 0 saturated carbocycles. The second kappa shape index (κ2) is 3.79. The van der Waals surface area contributed by atoms with Crippen molar-refractivity contribution in [1.82, 2.24) is 4.98 Å². The highest BCUT2D eigenvalue weighted by molar-refractivity contribution is 5.96. The predicted octanol–water partition coefficient (Wildman–Crippen LogP) is 0.192. The van der Waals surface area contributed by atoms with E-state index in [4.69, 9.17) is 5.84 Å². The molecule has 0 atom stereocenters. The van der Waals surface area contributed by atoms with Crippen LogP contribution in [0.4, 0.5) is 5.69 Å². The largest absolute Gasteiger partial charge is 0.545 e. The number of fused-ring (bicyclic) bond motifs is 1. The van der Waals surface area contributed by atoms with E-state index in [1.807, 2.05) is 6.92 Å². The van der Waals surface area contributed by atoms with Crippen LogP contribution in [0.15, 0.2) is 24.3 Å². The van der Waals surface area contributed by atoms with Crippen molar-refractivity contribution < 1.29 is 9.90 Å². The number of aromatic nitrogens is 1. The number of hydrogen-bond acceptors (Lipinski definition) is 5. The number of carboxylic acid groups (broad SMARTS) is 1. The molecule has 1 aromatic heterocycles. The van der Waals surface area contributed by atoms with E-state index in [1.54, 1.807) is 12.1 Å². The number of aryl methyl sites for hydroxylation is 1. The Labute approximate surface area is 91.9 Å². The Hall–Kier alpha value is -2.14. The highest BCUT2D eigenvalue weighted by Crippen LogP contribution is 2.23. The van der Waals surface area contributed by atoms with Gasteiger partial charge in [0.2, 0.25) is 0 Å². The van der Waals surface area contributed by atoms with Crippen molar-refractivity contribution in [2.75, 3.05) is 5.43 Å². The summed E-state index contributed by atoms with van der Waals surface area (Å²) < 4.78 is 0. The van der Waals surface area contributed by atoms with Crippen LogP contribution in [-0.4, -0.2) is 11.0 Å². The molecule has 0 aliphatic carbocycles. The Kier molecular flexibility index (Phi) is 2.46. The first-order valence-corrected chi connectivity index (χ1v) is 4.71. The first-order chi connectivity index (χ1) is 7.61. The molecule has 1 aromatic carbocycles. The molecular formula is C11H10N3O2-. The van der Waals surface area contributed by atoms with Crippen molar-refractivity contribution in [2.24, 2.45) is 5.84 Å². The van der Waals surface area contributed by atoms with Gasteiger partial charge in [-0.15, -0.1) is 0 Å². The molecule has 2 aromatic rings. The van der Waals surface area contributed by atoms with E-state index in [2.05, 4.69) is 10.4 Å². The summed E-state index contributed by atoms with van der Waals surface area (Å²) in [6.07, 6.45) is 0. The Bertz CT molecular complexity index is 566. The smallest absolute Gasteiger partial charge is 0.0733 e. The molecule has 3 N–H and O–H groups in total. The zero-order valence-electron chi connectivity index (χ0n) is 8.65. The number of carbonyl (C=O) groups is 1. The van der Waals surface area contributed by atoms with Gasteiger partial charge in [-0.25, -0.2) is 0 Å². The summed E-state index contributed by atoms with van der Waals surface area (Å²) >= 11 is 0. The third-order valence-electron chi connectivity index (χ3n) is 2.33. The molecule has 5 heteroatoms. The molecule has 5 nitrogen and oxygen atoms in total. The number of anilines is 1. The van der Waals surface area contributed by atoms with Gasteiger partial charge in [0.25, 0.3) is 0 Å². The Morgan fingerprint density at radius 3 is 2.81 bits per heavy atom. The van der Waals surface area contributed by atoms with Gasteiger partial charge in [-0.2, -0.15) is 0 Å². The van der Waals surface area contributed by atoms with E-state index in [0.29, 0.717) is 11.2 Å². The molecule has 2 rings (SSSR count). The average molecular weight is 216 g/mol. The Morgan fingerprint density at radius 2 is 2.19 bits per heavy atom. The molecule has 0 aliphatic rings. The molecule has 0 unspecified atom stereocenters. The zero-order valence-corrected chi connectivity index (χ0v) is 8.65. The van der Waals surface area contributed by atoms with Crippen molar-refractivity contribution in [3.63, 3.8) is 0 Å². The highest BCUT2D eigenvalue weighted by atomic mass is 16.4. The van der Waals surface area contributed by atoms with Gasteiger partial charge in [-0.3, -0.25) is 10.8 Å². The maximum Gasteiger partial charge on any atom is 0.0733 e. The van der Waals surface area contributed by atoms with Gasteiger partial charge >= 0.3 is 0 Å². The van der Waals surface area contributed by atoms with Crippen molar-refractivity contribution in [1.29, 1.82) is 0 Å². The van der Waals surface area contributed by atoms with Gasteiger partial charge in [0.1, 0.15) is 0 Å². The molecule has 0 bridgehead atoms. The van der Waals surface area contributed by atoms with E-state index in [9.17, 15) is 9.90 Å². The van der Waals surface area contributed by atoms with E-state index in [-0.39, 0.29) is 5.56 Å². The maximum absolute atomic E-state index is 10.7. The second-order valence-corrected chi connectivity index (χ2v) is 3.47. The fourth-order valence-corrected chi connectivity index (χ4v) is 1.61. The van der Waals surface area contributed by atoms with Crippen LogP contribution in [0.3, 0.4) is 0 Å². The average Bonchev–Trinajstić information content (AvgIpc) is 2.26. The molecule has 82 valence electrons. The molecule has 0 saturated heterocycles. The summed E-state index contributed by atoms with van der Waals surface area (Å²) in [5.41, 5.74) is 4.72. The molecule has 16 heavy (non-hydrogen) atoms. The summed E-state index contributed by atoms with van der Waals surface area (Å²) in [6, 6.07) is 6.39. The van der Waals surface area contributed by atoms with Crippen molar-refractivity contribution in [3.8, 4) is 0 Å². The van der Waals surface area contributed by atoms with Gasteiger partial charge in [0, 0.05) is 11.1 Å². The van der Waals surface area contributed by atoms with Gasteiger partial charge in [-0.05, 0) is 24.6 Å². The van der Waals surface area contributed by atoms with Crippen LogP contribution in [0.1, 0.15) is 16.1 Å². The van der Waals surface area contributed by atoms with Crippen LogP contribution >= 0.6 is 0 Å². The van der Waals surface area contributed by atoms with E-state index in [1.165, 1.54) is 12.1 Å². The molecule has 0 radical (unpaired) electrons. The lowest BCUT2D eigenvalue weighted by atomic mass is 10.1. The van der Waals surface area contributed by atoms with Crippen LogP contribution in [0.2, 0.25) is 0 Å². The molecule has 0 spiro atoms. The van der Waals surface area contributed by atoms with Crippen molar-refractivity contribution >= 4 is 22.6 Å². The number of aromatic carboxylic acids is 1. The molecule has 0 fully saturated rings. The van der Waals surface area contributed by atoms with E-state index >= 15 is 0 Å². The lowest BCUT2D eigenvalue weighted by Crippen LogP contribution is -2.22. The van der Waals surface area contributed by atoms with Gasteiger partial charge in [0.05, 0.1) is 17.2 Å². The standard InChI is InChI=1S/C11H11N3O2/c1-6-4-10(14-12)8-3-2-7(11(15)16)5-9(8)13-6/h2-5H,12H2,1H3,(H,13,14)(H,15,16)/p-1. The molecule has 1 heterocycles. The van der Waals surface area contributed by atoms with Crippen LogP contribution in [-0.2, 0) is 0 Å². The van der Waals surface area contributed by atoms with Crippen molar-refractivity contribution in [2.45, 2.75) is 6.92 Å². The predicted molar refractivity (Wildman–Crippen MR) is 58.6 cm³/mol. The number of carboxylic acids is 1. The number of nitrogens with zero attached hydrogens (tertiary/aromatic N) is 1. The number of rotatable bonds is 2. The molecule has 0 amide bonds. The normalized spacial score (nSPS) is 10.4. The van der Waals surface area contributed by atoms with Crippen molar-refractivity contribution in [3.05, 3.63) is 35.5 Å². The molecular weight excluding hydrogens is 206 g/mol. The third-order valence-corrected chi connectivity index (χ3v) is 2.33. The number of carbonyl (C=O) groups excluding carboxylic acids is 1. The van der Waals surface area contributed by atoms with Gasteiger partial charge in [0.15, 0.2) is 0 Å². The van der Waals surface area contributed by atoms with E-state index in [0.717, 1.165) is 11.1 Å². The second-order valence-electron chi connectivity index (χ2n) is 3.47. The zero-order chi connectivity index (χ0) is 11.7. The maximum atomic E-state index is 10.7. The number of hydrazine groups is 1. The van der Waals surface area contributed by atoms with Gasteiger partial charge < -0.3 is 15.3 Å². The summed E-state index contributed by atoms with van der Waals surface area (Å²) in [6.45, 7) is 1.81. The van der Waals surface area contributed by atoms with Crippen LogP contribution in [0, 0.1) is 6.92 Å². The number of nitrogens with one attached hydrogen (secondary N) is 1. The summed E-state index contributed by atoms with van der Waals surface area (Å²) in [5.74, 6) is 4.16. The third kappa shape index (κ3) is 1.68. The lowest BCUT2D eigenvalue weighted by molar-refractivity contribution is -0.255.